The fourth-order valence-corrected chi connectivity index (χ4v) is 4.18. The van der Waals surface area contributed by atoms with Crippen molar-refractivity contribution in [3.05, 3.63) is 64.7 Å². The molecule has 0 aliphatic rings. The monoisotopic (exact) mass is 426 g/mol. The Hall–Kier alpha value is -2.80. The average Bonchev–Trinajstić information content (AvgIpc) is 2.71. The van der Waals surface area contributed by atoms with E-state index in [1.165, 1.54) is 11.8 Å². The van der Waals surface area contributed by atoms with Crippen LogP contribution in [-0.4, -0.2) is 26.9 Å². The highest BCUT2D eigenvalue weighted by atomic mass is 32.2. The molecule has 0 atom stereocenters. The van der Waals surface area contributed by atoms with Gasteiger partial charge >= 0.3 is 11.5 Å². The number of rotatable bonds is 9. The smallest absolute Gasteiger partial charge is 0.345 e. The molecule has 3 rings (SSSR count). The summed E-state index contributed by atoms with van der Waals surface area (Å²) in [6.45, 7) is 6.64. The maximum atomic E-state index is 13.0. The Labute approximate surface area is 180 Å². The van der Waals surface area contributed by atoms with Gasteiger partial charge in [-0.15, -0.1) is 11.8 Å². The topological polar surface area (TPSA) is 85.5 Å². The summed E-state index contributed by atoms with van der Waals surface area (Å²) in [4.78, 5) is 28.6. The molecule has 3 N–H and O–H groups in total. The van der Waals surface area contributed by atoms with Crippen molar-refractivity contribution < 1.29 is 14.9 Å². The van der Waals surface area contributed by atoms with Crippen LogP contribution in [0, 0.1) is 0 Å². The maximum absolute atomic E-state index is 13.0. The van der Waals surface area contributed by atoms with Gasteiger partial charge in [0.05, 0.1) is 6.54 Å². The summed E-state index contributed by atoms with van der Waals surface area (Å²) in [7, 11) is 0. The van der Waals surface area contributed by atoms with Gasteiger partial charge in [-0.05, 0) is 56.7 Å². The summed E-state index contributed by atoms with van der Waals surface area (Å²) in [5.74, 6) is 0.0980. The summed E-state index contributed by atoms with van der Waals surface area (Å²) in [6.07, 6.45) is 1.76. The number of aliphatic carboxylic acids is 1. The highest BCUT2D eigenvalue weighted by molar-refractivity contribution is 8.01. The minimum Gasteiger partial charge on any atom is -0.480 e. The number of carbonyl (C=O) groups is 1. The van der Waals surface area contributed by atoms with Crippen LogP contribution >= 0.6 is 11.8 Å². The van der Waals surface area contributed by atoms with E-state index in [1.54, 1.807) is 13.8 Å². The number of fused-ring (bicyclic) bond motifs is 1. The van der Waals surface area contributed by atoms with E-state index in [0.29, 0.717) is 18.5 Å². The average molecular weight is 427 g/mol. The molecule has 0 aliphatic heterocycles. The van der Waals surface area contributed by atoms with Gasteiger partial charge in [0.2, 0.25) is 0 Å². The standard InChI is InChI=1S/C23H27N3O3S/c1-4-7-20-25-19-9-6-5-8-18(19)21(27)26(20)15-14-24-16-10-12-17(13-11-16)30-23(2,3)22(28)29/h5-6,8-13,24H,4,7,14-15H2,1-3H3,(H,28,29)/p+1. The van der Waals surface area contributed by atoms with Crippen LogP contribution in [-0.2, 0) is 17.8 Å². The van der Waals surface area contributed by atoms with Gasteiger partial charge in [-0.25, -0.2) is 9.78 Å². The highest BCUT2D eigenvalue weighted by Crippen LogP contribution is 2.33. The Bertz CT molecular complexity index is 1090. The summed E-state index contributed by atoms with van der Waals surface area (Å²) in [5.41, 5.74) is 1.83. The summed E-state index contributed by atoms with van der Waals surface area (Å²) >= 11 is 1.32. The molecule has 1 heterocycles. The first-order valence-corrected chi connectivity index (χ1v) is 10.9. The lowest BCUT2D eigenvalue weighted by atomic mass is 10.2. The van der Waals surface area contributed by atoms with Gasteiger partial charge in [-0.3, -0.25) is 4.79 Å². The molecule has 0 saturated heterocycles. The predicted molar refractivity (Wildman–Crippen MR) is 121 cm³/mol. The lowest BCUT2D eigenvalue weighted by Gasteiger charge is -2.18. The second-order valence-electron chi connectivity index (χ2n) is 7.69. The third kappa shape index (κ3) is 5.02. The number of para-hydroxylation sites is 1. The first-order chi connectivity index (χ1) is 14.3. The molecule has 158 valence electrons. The molecule has 0 spiro atoms. The van der Waals surface area contributed by atoms with E-state index in [1.807, 2.05) is 53.1 Å². The van der Waals surface area contributed by atoms with Crippen molar-refractivity contribution in [3.63, 3.8) is 0 Å². The van der Waals surface area contributed by atoms with E-state index in [-0.39, 0.29) is 5.56 Å². The number of nitrogens with zero attached hydrogens (tertiary/aromatic N) is 1. The molecular weight excluding hydrogens is 398 g/mol. The SMILES string of the molecule is CCCc1[nH+]c2ccccc2c(=O)n1CCNc1ccc(SC(C)(C)C(=O)O)cc1. The van der Waals surface area contributed by atoms with Crippen molar-refractivity contribution in [2.75, 3.05) is 11.9 Å². The molecule has 2 aromatic carbocycles. The molecule has 0 bridgehead atoms. The molecule has 6 nitrogen and oxygen atoms in total. The van der Waals surface area contributed by atoms with Gasteiger partial charge in [0.25, 0.3) is 5.82 Å². The Balaban J connectivity index is 1.70. The van der Waals surface area contributed by atoms with Gasteiger partial charge in [0, 0.05) is 17.0 Å². The van der Waals surface area contributed by atoms with Gasteiger partial charge < -0.3 is 10.4 Å². The van der Waals surface area contributed by atoms with Crippen molar-refractivity contribution in [1.29, 1.82) is 0 Å². The molecule has 30 heavy (non-hydrogen) atoms. The van der Waals surface area contributed by atoms with Crippen molar-refractivity contribution in [2.45, 2.75) is 49.8 Å². The van der Waals surface area contributed by atoms with E-state index in [0.717, 1.165) is 34.8 Å². The summed E-state index contributed by atoms with van der Waals surface area (Å²) in [5, 5.41) is 13.3. The molecular formula is C23H28N3O3S+. The van der Waals surface area contributed by atoms with Crippen LogP contribution in [0.1, 0.15) is 33.0 Å². The fourth-order valence-electron chi connectivity index (χ4n) is 3.23. The number of H-pyrrole nitrogens is 1. The quantitative estimate of drug-likeness (QED) is 0.508. The maximum Gasteiger partial charge on any atom is 0.345 e. The molecule has 0 saturated carbocycles. The van der Waals surface area contributed by atoms with Crippen LogP contribution < -0.4 is 15.9 Å². The largest absolute Gasteiger partial charge is 0.480 e. The number of hydrogen-bond donors (Lipinski definition) is 2. The second-order valence-corrected chi connectivity index (χ2v) is 9.39. The zero-order valence-corrected chi connectivity index (χ0v) is 18.4. The minimum absolute atomic E-state index is 0.0252. The fraction of sp³-hybridized carbons (Fsp3) is 0.348. The van der Waals surface area contributed by atoms with Crippen molar-refractivity contribution >= 4 is 34.3 Å². The molecule has 0 unspecified atom stereocenters. The lowest BCUT2D eigenvalue weighted by Crippen LogP contribution is -2.34. The molecule has 0 aliphatic carbocycles. The predicted octanol–water partition coefficient (Wildman–Crippen LogP) is 3.84. The second kappa shape index (κ2) is 9.34. The normalized spacial score (nSPS) is 11.6. The number of aromatic amines is 1. The third-order valence-corrected chi connectivity index (χ3v) is 6.09. The number of aromatic nitrogens is 2. The Morgan fingerprint density at radius 1 is 1.17 bits per heavy atom. The highest BCUT2D eigenvalue weighted by Gasteiger charge is 2.28. The number of hydrogen-bond acceptors (Lipinski definition) is 4. The van der Waals surface area contributed by atoms with E-state index in [4.69, 9.17) is 0 Å². The van der Waals surface area contributed by atoms with Crippen LogP contribution in [0.25, 0.3) is 10.9 Å². The van der Waals surface area contributed by atoms with E-state index in [2.05, 4.69) is 17.2 Å². The number of carboxylic acids is 1. The number of aryl methyl sites for hydroxylation is 1. The van der Waals surface area contributed by atoms with Crippen molar-refractivity contribution in [1.82, 2.24) is 4.57 Å². The van der Waals surface area contributed by atoms with E-state index < -0.39 is 10.7 Å². The number of anilines is 1. The zero-order chi connectivity index (χ0) is 21.7. The van der Waals surface area contributed by atoms with Crippen molar-refractivity contribution in [3.8, 4) is 0 Å². The minimum atomic E-state index is -0.877. The lowest BCUT2D eigenvalue weighted by molar-refractivity contribution is -0.367. The zero-order valence-electron chi connectivity index (χ0n) is 17.6. The Kier molecular flexibility index (Phi) is 6.82. The molecule has 0 amide bonds. The number of benzene rings is 2. The van der Waals surface area contributed by atoms with Crippen LogP contribution in [0.2, 0.25) is 0 Å². The summed E-state index contributed by atoms with van der Waals surface area (Å²) < 4.78 is 0.941. The van der Waals surface area contributed by atoms with Crippen LogP contribution in [0.4, 0.5) is 5.69 Å². The van der Waals surface area contributed by atoms with Crippen LogP contribution in [0.15, 0.2) is 58.2 Å². The van der Waals surface area contributed by atoms with Crippen LogP contribution in [0.3, 0.4) is 0 Å². The van der Waals surface area contributed by atoms with E-state index >= 15 is 0 Å². The van der Waals surface area contributed by atoms with Gasteiger partial charge in [0.1, 0.15) is 22.2 Å². The number of thioether (sulfide) groups is 1. The number of nitrogens with one attached hydrogen (secondary N) is 2. The third-order valence-electron chi connectivity index (χ3n) is 4.90. The molecule has 3 aromatic rings. The van der Waals surface area contributed by atoms with Gasteiger partial charge in [-0.2, -0.15) is 4.57 Å². The van der Waals surface area contributed by atoms with Crippen LogP contribution in [0.5, 0.6) is 0 Å². The summed E-state index contributed by atoms with van der Waals surface area (Å²) in [6, 6.07) is 15.3. The molecule has 7 heteroatoms. The first-order valence-electron chi connectivity index (χ1n) is 10.1. The number of carboxylic acid groups (broad SMARTS) is 1. The molecule has 0 fully saturated rings. The van der Waals surface area contributed by atoms with Gasteiger partial charge in [-0.1, -0.05) is 19.1 Å². The first kappa shape index (κ1) is 21.9. The molecule has 1 aromatic heterocycles. The van der Waals surface area contributed by atoms with Crippen molar-refractivity contribution in [2.24, 2.45) is 0 Å². The van der Waals surface area contributed by atoms with Gasteiger partial charge in [0.15, 0.2) is 0 Å². The Morgan fingerprint density at radius 2 is 1.87 bits per heavy atom. The Morgan fingerprint density at radius 3 is 2.53 bits per heavy atom. The van der Waals surface area contributed by atoms with E-state index in [9.17, 15) is 14.7 Å². The molecule has 0 radical (unpaired) electrons.